The van der Waals surface area contributed by atoms with Gasteiger partial charge < -0.3 is 25.1 Å². The number of benzene rings is 1. The van der Waals surface area contributed by atoms with Crippen molar-refractivity contribution in [3.63, 3.8) is 0 Å². The zero-order valence-corrected chi connectivity index (χ0v) is 20.2. The van der Waals surface area contributed by atoms with Crippen molar-refractivity contribution in [2.24, 2.45) is 0 Å². The van der Waals surface area contributed by atoms with Crippen LogP contribution in [-0.4, -0.2) is 58.8 Å². The zero-order chi connectivity index (χ0) is 25.4. The number of nitrogens with one attached hydrogen (secondary N) is 3. The molecule has 3 heterocycles. The number of rotatable bonds is 10. The molecule has 10 heteroatoms. The average Bonchev–Trinajstić information content (AvgIpc) is 3.57. The molecule has 0 saturated carbocycles. The van der Waals surface area contributed by atoms with Crippen LogP contribution in [0.4, 0.5) is 0 Å². The van der Waals surface area contributed by atoms with E-state index in [1.807, 2.05) is 30.3 Å². The first kappa shape index (κ1) is 25.2. The Bertz CT molecular complexity index is 1150. The highest BCUT2D eigenvalue weighted by atomic mass is 16.5. The molecule has 2 aromatic heterocycles. The van der Waals surface area contributed by atoms with E-state index in [4.69, 9.17) is 9.15 Å². The maximum Gasteiger partial charge on any atom is 0.328 e. The topological polar surface area (TPSA) is 127 Å². The predicted molar refractivity (Wildman–Crippen MR) is 132 cm³/mol. The van der Waals surface area contributed by atoms with Crippen molar-refractivity contribution in [3.05, 3.63) is 66.6 Å². The Labute approximate surface area is 209 Å². The first-order chi connectivity index (χ1) is 17.5. The van der Waals surface area contributed by atoms with Gasteiger partial charge >= 0.3 is 5.97 Å². The molecule has 3 N–H and O–H groups in total. The van der Waals surface area contributed by atoms with Crippen molar-refractivity contribution in [1.82, 2.24) is 25.7 Å². The van der Waals surface area contributed by atoms with Gasteiger partial charge in [-0.3, -0.25) is 14.3 Å². The van der Waals surface area contributed by atoms with Gasteiger partial charge in [-0.2, -0.15) is 5.10 Å². The van der Waals surface area contributed by atoms with Crippen molar-refractivity contribution in [1.29, 1.82) is 0 Å². The second-order valence-electron chi connectivity index (χ2n) is 8.72. The fourth-order valence-corrected chi connectivity index (χ4v) is 4.30. The third-order valence-corrected chi connectivity index (χ3v) is 6.15. The minimum Gasteiger partial charge on any atom is -0.464 e. The smallest absolute Gasteiger partial charge is 0.328 e. The second kappa shape index (κ2) is 11.7. The molecule has 0 bridgehead atoms. The molecule has 10 nitrogen and oxygen atoms in total. The minimum atomic E-state index is -1.15. The van der Waals surface area contributed by atoms with E-state index in [1.165, 1.54) is 4.68 Å². The Morgan fingerprint density at radius 2 is 1.92 bits per heavy atom. The highest BCUT2D eigenvalue weighted by molar-refractivity contribution is 5.94. The van der Waals surface area contributed by atoms with Crippen molar-refractivity contribution in [2.45, 2.75) is 44.3 Å². The van der Waals surface area contributed by atoms with Crippen molar-refractivity contribution in [2.75, 3.05) is 19.7 Å². The zero-order valence-electron chi connectivity index (χ0n) is 20.2. The lowest BCUT2D eigenvalue weighted by Gasteiger charge is -2.37. The molecule has 1 aromatic carbocycles. The van der Waals surface area contributed by atoms with Crippen LogP contribution in [-0.2, 0) is 32.1 Å². The molecule has 4 rings (SSSR count). The highest BCUT2D eigenvalue weighted by Crippen LogP contribution is 2.21. The van der Waals surface area contributed by atoms with Crippen LogP contribution in [0, 0.1) is 0 Å². The van der Waals surface area contributed by atoms with Gasteiger partial charge in [0.1, 0.15) is 23.8 Å². The molecule has 0 spiro atoms. The van der Waals surface area contributed by atoms with Crippen LogP contribution in [0.2, 0.25) is 0 Å². The molecule has 0 radical (unpaired) electrons. The SMILES string of the molecule is CCOC(=O)C(Cc1ccccc1)NC(=O)C1(NC(=O)Cn2ccc(-c3ccco3)n2)CCNCC1. The Kier molecular flexibility index (Phi) is 8.17. The molecule has 1 aliphatic rings. The summed E-state index contributed by atoms with van der Waals surface area (Å²) in [6, 6.07) is 13.9. The number of piperidine rings is 1. The summed E-state index contributed by atoms with van der Waals surface area (Å²) < 4.78 is 12.1. The van der Waals surface area contributed by atoms with E-state index in [2.05, 4.69) is 21.0 Å². The monoisotopic (exact) mass is 493 g/mol. The Balaban J connectivity index is 1.46. The van der Waals surface area contributed by atoms with Crippen molar-refractivity contribution < 1.29 is 23.5 Å². The van der Waals surface area contributed by atoms with Crippen LogP contribution in [0.25, 0.3) is 11.5 Å². The third kappa shape index (κ3) is 6.19. The van der Waals surface area contributed by atoms with E-state index in [0.29, 0.717) is 37.4 Å². The van der Waals surface area contributed by atoms with E-state index >= 15 is 0 Å². The lowest BCUT2D eigenvalue weighted by Crippen LogP contribution is -2.65. The van der Waals surface area contributed by atoms with Crippen LogP contribution in [0.5, 0.6) is 0 Å². The fourth-order valence-electron chi connectivity index (χ4n) is 4.30. The van der Waals surface area contributed by atoms with E-state index in [-0.39, 0.29) is 25.5 Å². The number of furan rings is 1. The van der Waals surface area contributed by atoms with Gasteiger partial charge in [0, 0.05) is 12.6 Å². The Hall–Kier alpha value is -3.92. The summed E-state index contributed by atoms with van der Waals surface area (Å²) in [4.78, 5) is 39.3. The number of nitrogens with zero attached hydrogens (tertiary/aromatic N) is 2. The Morgan fingerprint density at radius 3 is 2.61 bits per heavy atom. The van der Waals surface area contributed by atoms with Gasteiger partial charge in [0.25, 0.3) is 0 Å². The van der Waals surface area contributed by atoms with Gasteiger partial charge in [0.05, 0.1) is 12.9 Å². The van der Waals surface area contributed by atoms with Crippen molar-refractivity contribution >= 4 is 17.8 Å². The summed E-state index contributed by atoms with van der Waals surface area (Å²) in [6.45, 7) is 2.98. The molecule has 190 valence electrons. The molecular formula is C26H31N5O5. The average molecular weight is 494 g/mol. The number of hydrogen-bond acceptors (Lipinski definition) is 7. The third-order valence-electron chi connectivity index (χ3n) is 6.15. The number of esters is 1. The molecule has 2 amide bonds. The van der Waals surface area contributed by atoms with E-state index in [1.54, 1.807) is 37.6 Å². The largest absolute Gasteiger partial charge is 0.464 e. The summed E-state index contributed by atoms with van der Waals surface area (Å²) in [7, 11) is 0. The quantitative estimate of drug-likeness (QED) is 0.367. The molecule has 1 fully saturated rings. The van der Waals surface area contributed by atoms with Gasteiger partial charge in [0.15, 0.2) is 5.76 Å². The first-order valence-corrected chi connectivity index (χ1v) is 12.1. The number of amides is 2. The first-order valence-electron chi connectivity index (χ1n) is 12.1. The molecule has 36 heavy (non-hydrogen) atoms. The summed E-state index contributed by atoms with van der Waals surface area (Å²) in [5.41, 5.74) is 0.353. The Morgan fingerprint density at radius 1 is 1.14 bits per heavy atom. The lowest BCUT2D eigenvalue weighted by atomic mass is 9.86. The normalized spacial score (nSPS) is 15.6. The van der Waals surface area contributed by atoms with E-state index in [9.17, 15) is 14.4 Å². The van der Waals surface area contributed by atoms with Gasteiger partial charge in [-0.05, 0) is 56.6 Å². The molecule has 1 saturated heterocycles. The summed E-state index contributed by atoms with van der Waals surface area (Å²) in [5.74, 6) is -0.654. The minimum absolute atomic E-state index is 0.0610. The maximum absolute atomic E-state index is 13.6. The molecule has 1 atom stereocenters. The molecule has 1 unspecified atom stereocenters. The van der Waals surface area contributed by atoms with Gasteiger partial charge in [-0.15, -0.1) is 0 Å². The molecule has 0 aliphatic carbocycles. The maximum atomic E-state index is 13.6. The highest BCUT2D eigenvalue weighted by Gasteiger charge is 2.42. The molecule has 1 aliphatic heterocycles. The fraction of sp³-hybridized carbons (Fsp3) is 0.385. The van der Waals surface area contributed by atoms with Crippen molar-refractivity contribution in [3.8, 4) is 11.5 Å². The van der Waals surface area contributed by atoms with Crippen LogP contribution < -0.4 is 16.0 Å². The number of ether oxygens (including phenoxy) is 1. The van der Waals surface area contributed by atoms with Crippen LogP contribution in [0.1, 0.15) is 25.3 Å². The summed E-state index contributed by atoms with van der Waals surface area (Å²) in [5, 5.41) is 13.4. The summed E-state index contributed by atoms with van der Waals surface area (Å²) in [6.07, 6.45) is 4.31. The van der Waals surface area contributed by atoms with E-state index in [0.717, 1.165) is 5.56 Å². The number of hydrogen-bond donors (Lipinski definition) is 3. The van der Waals surface area contributed by atoms with Gasteiger partial charge in [0.2, 0.25) is 11.8 Å². The lowest BCUT2D eigenvalue weighted by molar-refractivity contribution is -0.148. The molecule has 3 aromatic rings. The second-order valence-corrected chi connectivity index (χ2v) is 8.72. The van der Waals surface area contributed by atoms with E-state index < -0.39 is 23.5 Å². The van der Waals surface area contributed by atoms with Gasteiger partial charge in [-0.1, -0.05) is 30.3 Å². The molecular weight excluding hydrogens is 462 g/mol. The van der Waals surface area contributed by atoms with Crippen LogP contribution in [0.15, 0.2) is 65.4 Å². The number of carbonyl (C=O) groups excluding carboxylic acids is 3. The standard InChI is InChI=1S/C26H31N5O5/c1-2-35-24(33)21(17-19-7-4-3-5-8-19)28-25(34)26(11-13-27-14-12-26)29-23(32)18-31-15-10-20(30-31)22-9-6-16-36-22/h3-10,15-16,21,27H,2,11-14,17-18H2,1H3,(H,28,34)(H,29,32). The van der Waals surface area contributed by atoms with Crippen LogP contribution in [0.3, 0.4) is 0 Å². The summed E-state index contributed by atoms with van der Waals surface area (Å²) >= 11 is 0. The number of carbonyl (C=O) groups is 3. The predicted octanol–water partition coefficient (Wildman–Crippen LogP) is 1.67. The number of aromatic nitrogens is 2. The van der Waals surface area contributed by atoms with Crippen LogP contribution >= 0.6 is 0 Å². The van der Waals surface area contributed by atoms with Gasteiger partial charge in [-0.25, -0.2) is 4.79 Å².